The molecule has 1 N–H and O–H groups in total. The van der Waals surface area contributed by atoms with Crippen molar-refractivity contribution in [2.75, 3.05) is 11.9 Å². The zero-order chi connectivity index (χ0) is 24.2. The van der Waals surface area contributed by atoms with E-state index in [1.54, 1.807) is 61.5 Å². The van der Waals surface area contributed by atoms with Crippen LogP contribution in [-0.2, 0) is 9.53 Å². The van der Waals surface area contributed by atoms with Crippen LogP contribution >= 0.6 is 0 Å². The predicted octanol–water partition coefficient (Wildman–Crippen LogP) is 5.62. The van der Waals surface area contributed by atoms with Crippen molar-refractivity contribution >= 4 is 17.6 Å². The highest BCUT2D eigenvalue weighted by molar-refractivity contribution is 6.01. The zero-order valence-electron chi connectivity index (χ0n) is 18.5. The number of benzene rings is 3. The molecule has 0 fully saturated rings. The second-order valence-corrected chi connectivity index (χ2v) is 7.45. The largest absolute Gasteiger partial charge is 0.462 e. The van der Waals surface area contributed by atoms with Crippen LogP contribution < -0.4 is 5.32 Å². The molecule has 0 unspecified atom stereocenters. The lowest BCUT2D eigenvalue weighted by molar-refractivity contribution is -0.114. The third-order valence-corrected chi connectivity index (χ3v) is 5.05. The molecule has 0 atom stereocenters. The molecule has 4 rings (SSSR count). The van der Waals surface area contributed by atoms with Crippen molar-refractivity contribution < 1.29 is 23.1 Å². The zero-order valence-corrected chi connectivity index (χ0v) is 18.5. The number of para-hydroxylation sites is 1. The molecule has 1 heterocycles. The van der Waals surface area contributed by atoms with E-state index in [4.69, 9.17) is 4.74 Å². The summed E-state index contributed by atoms with van der Waals surface area (Å²) in [5.74, 6) is -1.80. The number of nitrogens with one attached hydrogen (secondary N) is 1. The molecular weight excluding hydrogens is 440 g/mol. The summed E-state index contributed by atoms with van der Waals surface area (Å²) in [5.41, 5.74) is 2.85. The summed E-state index contributed by atoms with van der Waals surface area (Å²) in [6.07, 6.45) is 0. The van der Waals surface area contributed by atoms with Gasteiger partial charge in [-0.3, -0.25) is 4.79 Å². The molecule has 172 valence electrons. The van der Waals surface area contributed by atoms with E-state index < -0.39 is 17.6 Å². The van der Waals surface area contributed by atoms with Crippen LogP contribution in [0.5, 0.6) is 0 Å². The lowest BCUT2D eigenvalue weighted by Crippen LogP contribution is -2.13. The molecule has 0 radical (unpaired) electrons. The Hall–Kier alpha value is -4.33. The smallest absolute Gasteiger partial charge is 0.340 e. The number of aromatic nitrogens is 2. The first-order valence-electron chi connectivity index (χ1n) is 10.6. The van der Waals surface area contributed by atoms with E-state index in [0.29, 0.717) is 28.2 Å². The number of ether oxygens (including phenoxy) is 1. The lowest BCUT2D eigenvalue weighted by atomic mass is 10.0. The highest BCUT2D eigenvalue weighted by Gasteiger charge is 2.19. The van der Waals surface area contributed by atoms with E-state index in [1.807, 2.05) is 0 Å². The van der Waals surface area contributed by atoms with Gasteiger partial charge >= 0.3 is 5.97 Å². The summed E-state index contributed by atoms with van der Waals surface area (Å²) in [4.78, 5) is 24.1. The molecule has 34 heavy (non-hydrogen) atoms. The van der Waals surface area contributed by atoms with E-state index in [2.05, 4.69) is 10.4 Å². The molecule has 0 aliphatic carbocycles. The second-order valence-electron chi connectivity index (χ2n) is 7.45. The van der Waals surface area contributed by atoms with Crippen LogP contribution in [0.1, 0.15) is 24.2 Å². The van der Waals surface area contributed by atoms with E-state index in [9.17, 15) is 18.4 Å². The highest BCUT2D eigenvalue weighted by Crippen LogP contribution is 2.32. The second kappa shape index (κ2) is 9.66. The van der Waals surface area contributed by atoms with Crippen LogP contribution in [0.25, 0.3) is 28.2 Å². The number of rotatable bonds is 6. The van der Waals surface area contributed by atoms with Gasteiger partial charge in [0.2, 0.25) is 5.91 Å². The molecule has 0 aliphatic rings. The van der Waals surface area contributed by atoms with Crippen molar-refractivity contribution in [2.24, 2.45) is 0 Å². The molecule has 4 aromatic rings. The highest BCUT2D eigenvalue weighted by atomic mass is 19.1. The van der Waals surface area contributed by atoms with Gasteiger partial charge in [0, 0.05) is 18.1 Å². The average Bonchev–Trinajstić information content (AvgIpc) is 3.25. The Morgan fingerprint density at radius 1 is 0.971 bits per heavy atom. The first kappa shape index (κ1) is 22.8. The van der Waals surface area contributed by atoms with E-state index >= 15 is 0 Å². The van der Waals surface area contributed by atoms with Gasteiger partial charge in [-0.1, -0.05) is 18.2 Å². The fraction of sp³-hybridized carbons (Fsp3) is 0.115. The maximum absolute atomic E-state index is 14.7. The molecule has 6 nitrogen and oxygen atoms in total. The van der Waals surface area contributed by atoms with E-state index in [-0.39, 0.29) is 23.8 Å². The van der Waals surface area contributed by atoms with Gasteiger partial charge in [0.05, 0.1) is 29.2 Å². The van der Waals surface area contributed by atoms with Crippen LogP contribution in [0.4, 0.5) is 14.5 Å². The molecule has 0 bridgehead atoms. The Morgan fingerprint density at radius 3 is 2.35 bits per heavy atom. The number of anilines is 1. The lowest BCUT2D eigenvalue weighted by Gasteiger charge is -2.11. The Morgan fingerprint density at radius 2 is 1.68 bits per heavy atom. The minimum Gasteiger partial charge on any atom is -0.462 e. The molecule has 0 aliphatic heterocycles. The molecule has 0 spiro atoms. The van der Waals surface area contributed by atoms with Crippen LogP contribution in [0.15, 0.2) is 72.8 Å². The molecular formula is C26H21F2N3O3. The van der Waals surface area contributed by atoms with Crippen LogP contribution in [0.3, 0.4) is 0 Å². The first-order valence-corrected chi connectivity index (χ1v) is 10.6. The number of halogens is 2. The van der Waals surface area contributed by atoms with Gasteiger partial charge in [-0.15, -0.1) is 0 Å². The minimum atomic E-state index is -0.597. The van der Waals surface area contributed by atoms with Crippen molar-refractivity contribution in [2.45, 2.75) is 13.8 Å². The van der Waals surface area contributed by atoms with E-state index in [0.717, 1.165) is 0 Å². The SMILES string of the molecule is CCOC(=O)c1cc(-c2cc(-c3ccc(F)cc3)n(-c3ccccc3F)n2)ccc1NC(C)=O. The minimum absolute atomic E-state index is 0.165. The van der Waals surface area contributed by atoms with Crippen LogP contribution in [0, 0.1) is 11.6 Å². The van der Waals surface area contributed by atoms with Gasteiger partial charge in [-0.2, -0.15) is 5.10 Å². The molecule has 0 saturated carbocycles. The Bertz CT molecular complexity index is 1360. The Labute approximate surface area is 194 Å². The number of nitrogens with zero attached hydrogens (tertiary/aromatic N) is 2. The Balaban J connectivity index is 1.88. The van der Waals surface area contributed by atoms with Crippen molar-refractivity contribution in [3.05, 3.63) is 90.0 Å². The maximum Gasteiger partial charge on any atom is 0.340 e. The number of carbonyl (C=O) groups excluding carboxylic acids is 2. The van der Waals surface area contributed by atoms with Crippen molar-refractivity contribution in [3.63, 3.8) is 0 Å². The van der Waals surface area contributed by atoms with Gasteiger partial charge in [0.15, 0.2) is 0 Å². The third-order valence-electron chi connectivity index (χ3n) is 5.05. The monoisotopic (exact) mass is 461 g/mol. The van der Waals surface area contributed by atoms with Gasteiger partial charge in [0.25, 0.3) is 0 Å². The number of hydrogen-bond donors (Lipinski definition) is 1. The van der Waals surface area contributed by atoms with Gasteiger partial charge in [-0.25, -0.2) is 18.3 Å². The van der Waals surface area contributed by atoms with Crippen LogP contribution in [-0.4, -0.2) is 28.3 Å². The summed E-state index contributed by atoms with van der Waals surface area (Å²) in [6.45, 7) is 3.19. The normalized spacial score (nSPS) is 10.7. The van der Waals surface area contributed by atoms with E-state index in [1.165, 1.54) is 29.8 Å². The summed E-state index contributed by atoms with van der Waals surface area (Å²) < 4.78 is 34.7. The van der Waals surface area contributed by atoms with Gasteiger partial charge in [-0.05, 0) is 61.5 Å². The molecule has 1 aromatic heterocycles. The van der Waals surface area contributed by atoms with Gasteiger partial charge < -0.3 is 10.1 Å². The molecule has 1 amide bonds. The van der Waals surface area contributed by atoms with Crippen molar-refractivity contribution in [1.82, 2.24) is 9.78 Å². The summed E-state index contributed by atoms with van der Waals surface area (Å²) in [5, 5.41) is 7.21. The predicted molar refractivity (Wildman–Crippen MR) is 125 cm³/mol. The number of hydrogen-bond acceptors (Lipinski definition) is 4. The topological polar surface area (TPSA) is 73.2 Å². The Kier molecular flexibility index (Phi) is 6.49. The molecule has 3 aromatic carbocycles. The number of esters is 1. The quantitative estimate of drug-likeness (QED) is 0.378. The fourth-order valence-corrected chi connectivity index (χ4v) is 3.54. The maximum atomic E-state index is 14.7. The summed E-state index contributed by atoms with van der Waals surface area (Å²) in [7, 11) is 0. The summed E-state index contributed by atoms with van der Waals surface area (Å²) >= 11 is 0. The first-order chi connectivity index (χ1) is 16.4. The van der Waals surface area contributed by atoms with Crippen LogP contribution in [0.2, 0.25) is 0 Å². The summed E-state index contributed by atoms with van der Waals surface area (Å²) in [6, 6.07) is 18.5. The van der Waals surface area contributed by atoms with Crippen molar-refractivity contribution in [3.8, 4) is 28.2 Å². The molecule has 0 saturated heterocycles. The third kappa shape index (κ3) is 4.71. The molecule has 8 heteroatoms. The van der Waals surface area contributed by atoms with Gasteiger partial charge in [0.1, 0.15) is 17.3 Å². The fourth-order valence-electron chi connectivity index (χ4n) is 3.54. The number of amides is 1. The standard InChI is InChI=1S/C26H21F2N3O3/c1-3-34-26(33)20-14-18(10-13-22(20)29-16(2)32)23-15-25(17-8-11-19(27)12-9-17)31(30-23)24-7-5-4-6-21(24)28/h4-15H,3H2,1-2H3,(H,29,32). The average molecular weight is 461 g/mol. The van der Waals surface area contributed by atoms with Crippen molar-refractivity contribution in [1.29, 1.82) is 0 Å². The number of carbonyl (C=O) groups is 2.